The summed E-state index contributed by atoms with van der Waals surface area (Å²) in [5.41, 5.74) is 6.05. The van der Waals surface area contributed by atoms with Crippen molar-refractivity contribution in [3.05, 3.63) is 89.0 Å². The van der Waals surface area contributed by atoms with Crippen molar-refractivity contribution in [1.29, 1.82) is 0 Å². The van der Waals surface area contributed by atoms with Gasteiger partial charge in [-0.15, -0.1) is 0 Å². The number of ether oxygens (including phenoxy) is 2. The molecule has 3 aromatic carbocycles. The van der Waals surface area contributed by atoms with Crippen molar-refractivity contribution in [3.8, 4) is 11.5 Å². The highest BCUT2D eigenvalue weighted by atomic mass is 16.5. The molecule has 5 heteroatoms. The number of benzene rings is 3. The predicted octanol–water partition coefficient (Wildman–Crippen LogP) is 5.84. The lowest BCUT2D eigenvalue weighted by Crippen LogP contribution is -2.44. The summed E-state index contributed by atoms with van der Waals surface area (Å²) in [5, 5.41) is 10.2. The molecule has 2 saturated heterocycles. The highest BCUT2D eigenvalue weighted by Gasteiger charge is 2.43. The molecule has 37 heavy (non-hydrogen) atoms. The van der Waals surface area contributed by atoms with Crippen LogP contribution < -0.4 is 9.64 Å². The third kappa shape index (κ3) is 4.50. The van der Waals surface area contributed by atoms with Crippen LogP contribution in [0.4, 0.5) is 5.69 Å². The Morgan fingerprint density at radius 3 is 2.54 bits per heavy atom. The number of fused-ring (bicyclic) bond motifs is 1. The number of rotatable bonds is 5. The molecular weight excluding hydrogens is 462 g/mol. The van der Waals surface area contributed by atoms with Crippen LogP contribution in [0.5, 0.6) is 11.5 Å². The second-order valence-corrected chi connectivity index (χ2v) is 10.9. The Labute approximate surface area is 219 Å². The van der Waals surface area contributed by atoms with Gasteiger partial charge in [-0.2, -0.15) is 0 Å². The average molecular weight is 498 g/mol. The fourth-order valence-corrected chi connectivity index (χ4v) is 6.89. The number of methoxy groups -OCH3 is 1. The molecule has 0 bridgehead atoms. The van der Waals surface area contributed by atoms with Crippen molar-refractivity contribution in [2.75, 3.05) is 31.7 Å². The topological polar surface area (TPSA) is 59.0 Å². The number of carbonyl (C=O) groups excluding carboxylic acids is 1. The monoisotopic (exact) mass is 497 g/mol. The number of carbonyl (C=O) groups is 1. The van der Waals surface area contributed by atoms with Gasteiger partial charge in [0.05, 0.1) is 19.3 Å². The molecule has 3 aliphatic rings. The zero-order valence-corrected chi connectivity index (χ0v) is 21.4. The van der Waals surface area contributed by atoms with E-state index in [1.807, 2.05) is 12.1 Å². The normalized spacial score (nSPS) is 24.6. The van der Waals surface area contributed by atoms with Crippen LogP contribution in [0, 0.1) is 5.92 Å². The molecule has 1 spiro atoms. The van der Waals surface area contributed by atoms with Crippen LogP contribution >= 0.6 is 0 Å². The molecule has 0 saturated carbocycles. The Kier molecular flexibility index (Phi) is 6.41. The van der Waals surface area contributed by atoms with Crippen molar-refractivity contribution in [1.82, 2.24) is 0 Å². The minimum atomic E-state index is -0.133. The molecule has 6 rings (SSSR count). The van der Waals surface area contributed by atoms with E-state index >= 15 is 0 Å². The van der Waals surface area contributed by atoms with E-state index < -0.39 is 0 Å². The third-order valence-electron chi connectivity index (χ3n) is 8.84. The first-order valence-corrected chi connectivity index (χ1v) is 13.5. The molecule has 3 aromatic rings. The van der Waals surface area contributed by atoms with Crippen LogP contribution in [-0.2, 0) is 16.0 Å². The summed E-state index contributed by atoms with van der Waals surface area (Å²) >= 11 is 0. The molecule has 192 valence electrons. The Balaban J connectivity index is 1.32. The second-order valence-electron chi connectivity index (χ2n) is 10.9. The van der Waals surface area contributed by atoms with E-state index in [0.29, 0.717) is 18.3 Å². The summed E-state index contributed by atoms with van der Waals surface area (Å²) in [6.07, 6.45) is 5.76. The van der Waals surface area contributed by atoms with Gasteiger partial charge in [0.2, 0.25) is 0 Å². The molecule has 2 fully saturated rings. The van der Waals surface area contributed by atoms with Crippen LogP contribution in [0.1, 0.15) is 59.8 Å². The second kappa shape index (κ2) is 9.86. The minimum absolute atomic E-state index is 0.0452. The minimum Gasteiger partial charge on any atom is -0.508 e. The van der Waals surface area contributed by atoms with E-state index in [9.17, 15) is 9.90 Å². The molecule has 0 aromatic heterocycles. The summed E-state index contributed by atoms with van der Waals surface area (Å²) in [4.78, 5) is 13.7. The standard InChI is InChI=1S/C32H35NO4/c1-36-30-18-25(33-15-13-32(14-16-33)19-22(20-34)21-37-32)8-11-29(30)31-27(23-5-3-2-4-6-23)10-7-24-17-26(35)9-12-28(24)31/h2-6,8-9,11-12,17-18,20,22,27,31,35H,7,10,13-16,19,21H2,1H3. The highest BCUT2D eigenvalue weighted by molar-refractivity contribution is 5.59. The van der Waals surface area contributed by atoms with E-state index in [2.05, 4.69) is 59.5 Å². The molecule has 1 aliphatic carbocycles. The van der Waals surface area contributed by atoms with Gasteiger partial charge in [-0.1, -0.05) is 42.5 Å². The number of nitrogens with zero attached hydrogens (tertiary/aromatic N) is 1. The first kappa shape index (κ1) is 24.1. The van der Waals surface area contributed by atoms with Gasteiger partial charge >= 0.3 is 0 Å². The van der Waals surface area contributed by atoms with Gasteiger partial charge in [-0.05, 0) is 72.9 Å². The average Bonchev–Trinajstić information content (AvgIpc) is 3.35. The fourth-order valence-electron chi connectivity index (χ4n) is 6.89. The zero-order chi connectivity index (χ0) is 25.4. The van der Waals surface area contributed by atoms with Crippen LogP contribution in [0.2, 0.25) is 0 Å². The number of piperidine rings is 1. The smallest absolute Gasteiger partial charge is 0.125 e. The van der Waals surface area contributed by atoms with Gasteiger partial charge in [0.15, 0.2) is 0 Å². The molecule has 5 nitrogen and oxygen atoms in total. The van der Waals surface area contributed by atoms with Crippen molar-refractivity contribution >= 4 is 12.0 Å². The first-order valence-electron chi connectivity index (χ1n) is 13.5. The molecule has 2 aliphatic heterocycles. The summed E-state index contributed by atoms with van der Waals surface area (Å²) in [5.74, 6) is 1.75. The van der Waals surface area contributed by atoms with Crippen LogP contribution in [0.3, 0.4) is 0 Å². The van der Waals surface area contributed by atoms with E-state index in [0.717, 1.165) is 57.2 Å². The van der Waals surface area contributed by atoms with Gasteiger partial charge in [0, 0.05) is 42.2 Å². The molecule has 1 N–H and O–H groups in total. The van der Waals surface area contributed by atoms with Crippen LogP contribution in [0.25, 0.3) is 0 Å². The van der Waals surface area contributed by atoms with E-state index in [1.54, 1.807) is 7.11 Å². The lowest BCUT2D eigenvalue weighted by atomic mass is 9.69. The van der Waals surface area contributed by atoms with Crippen molar-refractivity contribution in [3.63, 3.8) is 0 Å². The first-order chi connectivity index (χ1) is 18.1. The molecule has 2 heterocycles. The molecule has 0 amide bonds. The fraction of sp³-hybridized carbons (Fsp3) is 0.406. The number of aldehydes is 1. The van der Waals surface area contributed by atoms with Gasteiger partial charge in [-0.3, -0.25) is 0 Å². The largest absolute Gasteiger partial charge is 0.508 e. The predicted molar refractivity (Wildman–Crippen MR) is 145 cm³/mol. The molecule has 3 atom stereocenters. The van der Waals surface area contributed by atoms with E-state index in [-0.39, 0.29) is 17.4 Å². The lowest BCUT2D eigenvalue weighted by molar-refractivity contribution is -0.111. The maximum Gasteiger partial charge on any atom is 0.125 e. The van der Waals surface area contributed by atoms with Crippen molar-refractivity contribution in [2.24, 2.45) is 5.92 Å². The zero-order valence-electron chi connectivity index (χ0n) is 21.4. The quantitative estimate of drug-likeness (QED) is 0.449. The van der Waals surface area contributed by atoms with Crippen LogP contribution in [0.15, 0.2) is 66.7 Å². The summed E-state index contributed by atoms with van der Waals surface area (Å²) in [7, 11) is 1.76. The third-order valence-corrected chi connectivity index (χ3v) is 8.84. The summed E-state index contributed by atoms with van der Waals surface area (Å²) in [6, 6.07) is 23.3. The number of aryl methyl sites for hydroxylation is 1. The number of hydrogen-bond acceptors (Lipinski definition) is 5. The highest BCUT2D eigenvalue weighted by Crippen LogP contribution is 2.50. The van der Waals surface area contributed by atoms with E-state index in [1.165, 1.54) is 27.9 Å². The maximum absolute atomic E-state index is 11.2. The molecule has 0 radical (unpaired) electrons. The Morgan fingerprint density at radius 1 is 1.03 bits per heavy atom. The van der Waals surface area contributed by atoms with Gasteiger partial charge in [0.25, 0.3) is 0 Å². The summed E-state index contributed by atoms with van der Waals surface area (Å²) in [6.45, 7) is 2.38. The maximum atomic E-state index is 11.2. The van der Waals surface area contributed by atoms with Crippen molar-refractivity contribution < 1.29 is 19.4 Å². The van der Waals surface area contributed by atoms with Crippen molar-refractivity contribution in [2.45, 2.75) is 49.5 Å². The van der Waals surface area contributed by atoms with Gasteiger partial charge in [0.1, 0.15) is 17.8 Å². The van der Waals surface area contributed by atoms with Crippen LogP contribution in [-0.4, -0.2) is 43.8 Å². The Bertz CT molecular complexity index is 1270. The van der Waals surface area contributed by atoms with E-state index in [4.69, 9.17) is 9.47 Å². The van der Waals surface area contributed by atoms with Gasteiger partial charge in [-0.25, -0.2) is 0 Å². The molecular formula is C32H35NO4. The van der Waals surface area contributed by atoms with Gasteiger partial charge < -0.3 is 24.3 Å². The lowest BCUT2D eigenvalue weighted by Gasteiger charge is -2.40. The Hall–Kier alpha value is -3.31. The Morgan fingerprint density at radius 2 is 1.81 bits per heavy atom. The molecule has 3 unspecified atom stereocenters. The number of hydrogen-bond donors (Lipinski definition) is 1. The number of aromatic hydroxyl groups is 1. The SMILES string of the molecule is COc1cc(N2CCC3(CC2)CC(C=O)CO3)ccc1C1c2ccc(O)cc2CCC1c1ccccc1. The summed E-state index contributed by atoms with van der Waals surface area (Å²) < 4.78 is 12.1. The number of anilines is 1. The number of phenols is 1. The number of phenolic OH excluding ortho intramolecular Hbond substituents is 1.